The standard InChI is InChI=1S/C21H14N2/c1-2-8-15(9-3-1)18-14-23-20-13-7-6-12-19(20)22-21(23)17-11-5-4-10-16(17)18/h1-14H. The Balaban J connectivity index is 2.02. The molecule has 5 rings (SSSR count). The van der Waals surface area contributed by atoms with E-state index in [0.717, 1.165) is 16.7 Å². The topological polar surface area (TPSA) is 17.3 Å². The molecule has 2 heteroatoms. The Morgan fingerprint density at radius 3 is 2.22 bits per heavy atom. The molecule has 2 aromatic heterocycles. The van der Waals surface area contributed by atoms with E-state index in [2.05, 4.69) is 83.4 Å². The van der Waals surface area contributed by atoms with E-state index in [1.54, 1.807) is 0 Å². The first-order valence-corrected chi connectivity index (χ1v) is 7.76. The van der Waals surface area contributed by atoms with Gasteiger partial charge >= 0.3 is 0 Å². The van der Waals surface area contributed by atoms with Gasteiger partial charge in [-0.25, -0.2) is 4.98 Å². The fraction of sp³-hybridized carbons (Fsp3) is 0. The second-order valence-electron chi connectivity index (χ2n) is 5.75. The highest BCUT2D eigenvalue weighted by molar-refractivity contribution is 6.05. The van der Waals surface area contributed by atoms with Crippen LogP contribution in [0.3, 0.4) is 0 Å². The maximum Gasteiger partial charge on any atom is 0.145 e. The molecular weight excluding hydrogens is 280 g/mol. The van der Waals surface area contributed by atoms with Crippen molar-refractivity contribution < 1.29 is 0 Å². The van der Waals surface area contributed by atoms with Crippen LogP contribution in [0.15, 0.2) is 85.1 Å². The molecular formula is C21H14N2. The van der Waals surface area contributed by atoms with Crippen LogP contribution in [0.25, 0.3) is 38.6 Å². The SMILES string of the molecule is c1ccc(-c2cn3c4ccccc4nc3c3ccccc23)cc1. The van der Waals surface area contributed by atoms with Crippen molar-refractivity contribution in [3.05, 3.63) is 85.1 Å². The van der Waals surface area contributed by atoms with Crippen molar-refractivity contribution in [3.8, 4) is 11.1 Å². The molecule has 0 atom stereocenters. The van der Waals surface area contributed by atoms with E-state index in [-0.39, 0.29) is 0 Å². The summed E-state index contributed by atoms with van der Waals surface area (Å²) in [5, 5.41) is 2.42. The number of para-hydroxylation sites is 2. The number of aromatic nitrogens is 2. The molecule has 5 aromatic rings. The van der Waals surface area contributed by atoms with E-state index in [1.807, 2.05) is 6.07 Å². The minimum Gasteiger partial charge on any atom is -0.298 e. The van der Waals surface area contributed by atoms with Crippen LogP contribution in [0.2, 0.25) is 0 Å². The summed E-state index contributed by atoms with van der Waals surface area (Å²) in [6.45, 7) is 0. The Labute approximate surface area is 133 Å². The highest BCUT2D eigenvalue weighted by Crippen LogP contribution is 2.32. The van der Waals surface area contributed by atoms with Gasteiger partial charge in [-0.2, -0.15) is 0 Å². The van der Waals surface area contributed by atoms with Gasteiger partial charge in [0.05, 0.1) is 11.0 Å². The van der Waals surface area contributed by atoms with Gasteiger partial charge in [0.2, 0.25) is 0 Å². The van der Waals surface area contributed by atoms with Crippen LogP contribution in [-0.2, 0) is 0 Å². The largest absolute Gasteiger partial charge is 0.298 e. The molecule has 2 heterocycles. The molecule has 0 aliphatic heterocycles. The van der Waals surface area contributed by atoms with Gasteiger partial charge < -0.3 is 0 Å². The van der Waals surface area contributed by atoms with Crippen LogP contribution >= 0.6 is 0 Å². The normalized spacial score (nSPS) is 11.5. The number of rotatable bonds is 1. The molecule has 0 aliphatic rings. The van der Waals surface area contributed by atoms with E-state index in [1.165, 1.54) is 21.9 Å². The van der Waals surface area contributed by atoms with Gasteiger partial charge in [-0.15, -0.1) is 0 Å². The third kappa shape index (κ3) is 1.78. The molecule has 0 saturated carbocycles. The van der Waals surface area contributed by atoms with Gasteiger partial charge in [-0.05, 0) is 23.1 Å². The maximum absolute atomic E-state index is 4.84. The van der Waals surface area contributed by atoms with Crippen molar-refractivity contribution in [2.45, 2.75) is 0 Å². The molecule has 0 spiro atoms. The summed E-state index contributed by atoms with van der Waals surface area (Å²) in [6.07, 6.45) is 2.21. The minimum absolute atomic E-state index is 1.02. The van der Waals surface area contributed by atoms with Crippen LogP contribution in [-0.4, -0.2) is 9.38 Å². The molecule has 0 amide bonds. The summed E-state index contributed by atoms with van der Waals surface area (Å²) in [5.74, 6) is 0. The number of fused-ring (bicyclic) bond motifs is 5. The van der Waals surface area contributed by atoms with Crippen LogP contribution in [0.4, 0.5) is 0 Å². The number of hydrogen-bond donors (Lipinski definition) is 0. The number of nitrogens with zero attached hydrogens (tertiary/aromatic N) is 2. The smallest absolute Gasteiger partial charge is 0.145 e. The molecule has 23 heavy (non-hydrogen) atoms. The van der Waals surface area contributed by atoms with E-state index in [4.69, 9.17) is 4.98 Å². The summed E-state index contributed by atoms with van der Waals surface area (Å²) < 4.78 is 2.21. The Morgan fingerprint density at radius 1 is 0.652 bits per heavy atom. The third-order valence-electron chi connectivity index (χ3n) is 4.40. The molecule has 2 nitrogen and oxygen atoms in total. The van der Waals surface area contributed by atoms with E-state index < -0.39 is 0 Å². The Hall–Kier alpha value is -3.13. The predicted molar refractivity (Wildman–Crippen MR) is 95.6 cm³/mol. The number of imidazole rings is 1. The molecule has 0 aliphatic carbocycles. The first-order valence-electron chi connectivity index (χ1n) is 7.76. The van der Waals surface area contributed by atoms with Gasteiger partial charge in [0.25, 0.3) is 0 Å². The quantitative estimate of drug-likeness (QED) is 0.409. The maximum atomic E-state index is 4.84. The second kappa shape index (κ2) is 4.68. The molecule has 0 N–H and O–H groups in total. The highest BCUT2D eigenvalue weighted by atomic mass is 15.0. The first-order chi connectivity index (χ1) is 11.4. The summed E-state index contributed by atoms with van der Waals surface area (Å²) in [5.41, 5.74) is 5.65. The lowest BCUT2D eigenvalue weighted by Crippen LogP contribution is -1.90. The van der Waals surface area contributed by atoms with Crippen molar-refractivity contribution in [2.24, 2.45) is 0 Å². The van der Waals surface area contributed by atoms with Crippen LogP contribution in [0.5, 0.6) is 0 Å². The highest BCUT2D eigenvalue weighted by Gasteiger charge is 2.12. The lowest BCUT2D eigenvalue weighted by Gasteiger charge is -2.09. The lowest BCUT2D eigenvalue weighted by atomic mass is 10.0. The third-order valence-corrected chi connectivity index (χ3v) is 4.40. The van der Waals surface area contributed by atoms with E-state index in [0.29, 0.717) is 0 Å². The molecule has 108 valence electrons. The zero-order valence-corrected chi connectivity index (χ0v) is 12.5. The van der Waals surface area contributed by atoms with E-state index in [9.17, 15) is 0 Å². The van der Waals surface area contributed by atoms with Crippen LogP contribution in [0.1, 0.15) is 0 Å². The number of hydrogen-bond acceptors (Lipinski definition) is 1. The molecule has 0 bridgehead atoms. The summed E-state index contributed by atoms with van der Waals surface area (Å²) in [6, 6.07) is 27.3. The van der Waals surface area contributed by atoms with Gasteiger partial charge in [0, 0.05) is 17.1 Å². The van der Waals surface area contributed by atoms with Crippen molar-refractivity contribution in [3.63, 3.8) is 0 Å². The molecule has 0 saturated heterocycles. The van der Waals surface area contributed by atoms with Gasteiger partial charge in [-0.1, -0.05) is 66.7 Å². The molecule has 0 radical (unpaired) electrons. The lowest BCUT2D eigenvalue weighted by molar-refractivity contribution is 1.25. The second-order valence-corrected chi connectivity index (χ2v) is 5.75. The monoisotopic (exact) mass is 294 g/mol. The molecule has 3 aromatic carbocycles. The summed E-state index contributed by atoms with van der Waals surface area (Å²) >= 11 is 0. The van der Waals surface area contributed by atoms with Crippen molar-refractivity contribution in [1.29, 1.82) is 0 Å². The summed E-state index contributed by atoms with van der Waals surface area (Å²) in [4.78, 5) is 4.84. The van der Waals surface area contributed by atoms with Crippen molar-refractivity contribution >= 4 is 27.5 Å². The van der Waals surface area contributed by atoms with E-state index >= 15 is 0 Å². The fourth-order valence-electron chi connectivity index (χ4n) is 3.32. The zero-order valence-electron chi connectivity index (χ0n) is 12.5. The average Bonchev–Trinajstić information content (AvgIpc) is 3.01. The average molecular weight is 294 g/mol. The predicted octanol–water partition coefficient (Wildman–Crippen LogP) is 5.31. The first kappa shape index (κ1) is 12.4. The fourth-order valence-corrected chi connectivity index (χ4v) is 3.32. The van der Waals surface area contributed by atoms with Crippen LogP contribution in [0, 0.1) is 0 Å². The van der Waals surface area contributed by atoms with Crippen LogP contribution < -0.4 is 0 Å². The Morgan fingerprint density at radius 2 is 1.35 bits per heavy atom. The summed E-state index contributed by atoms with van der Waals surface area (Å²) in [7, 11) is 0. The Kier molecular flexibility index (Phi) is 2.53. The molecule has 0 fully saturated rings. The van der Waals surface area contributed by atoms with Crippen molar-refractivity contribution in [2.75, 3.05) is 0 Å². The van der Waals surface area contributed by atoms with Crippen molar-refractivity contribution in [1.82, 2.24) is 9.38 Å². The van der Waals surface area contributed by atoms with Gasteiger partial charge in [-0.3, -0.25) is 4.40 Å². The van der Waals surface area contributed by atoms with Gasteiger partial charge in [0.1, 0.15) is 5.65 Å². The molecule has 0 unspecified atom stereocenters. The zero-order chi connectivity index (χ0) is 15.2. The number of benzene rings is 3. The minimum atomic E-state index is 1.02. The number of pyridine rings is 1. The van der Waals surface area contributed by atoms with Gasteiger partial charge in [0.15, 0.2) is 0 Å². The Bertz CT molecular complexity index is 1150.